The summed E-state index contributed by atoms with van der Waals surface area (Å²) in [6.07, 6.45) is 7.47. The first-order valence-corrected chi connectivity index (χ1v) is 9.01. The van der Waals surface area contributed by atoms with Crippen molar-refractivity contribution in [1.29, 1.82) is 0 Å². The van der Waals surface area contributed by atoms with Crippen LogP contribution in [0.25, 0.3) is 0 Å². The van der Waals surface area contributed by atoms with Crippen molar-refractivity contribution in [3.05, 3.63) is 42.0 Å². The van der Waals surface area contributed by atoms with E-state index in [-0.39, 0.29) is 11.8 Å². The lowest BCUT2D eigenvalue weighted by molar-refractivity contribution is -0.139. The summed E-state index contributed by atoms with van der Waals surface area (Å²) in [4.78, 5) is 28.6. The number of ether oxygens (including phenoxy) is 1. The molecule has 3 rings (SSSR count). The minimum absolute atomic E-state index is 0.110. The van der Waals surface area contributed by atoms with Crippen molar-refractivity contribution in [1.82, 2.24) is 9.80 Å². The third-order valence-corrected chi connectivity index (χ3v) is 5.02. The molecular formula is C20H26N2O3. The van der Waals surface area contributed by atoms with Gasteiger partial charge in [0.25, 0.3) is 0 Å². The van der Waals surface area contributed by atoms with Crippen LogP contribution in [0, 0.1) is 5.92 Å². The summed E-state index contributed by atoms with van der Waals surface area (Å²) in [5.74, 6) is 1.50. The fourth-order valence-electron chi connectivity index (χ4n) is 3.49. The molecule has 1 saturated heterocycles. The molecular weight excluding hydrogens is 316 g/mol. The summed E-state index contributed by atoms with van der Waals surface area (Å²) >= 11 is 0. The molecule has 1 aromatic carbocycles. The number of methoxy groups -OCH3 is 1. The first-order valence-electron chi connectivity index (χ1n) is 9.01. The van der Waals surface area contributed by atoms with Crippen molar-refractivity contribution >= 4 is 11.8 Å². The molecule has 134 valence electrons. The fraction of sp³-hybridized carbons (Fsp3) is 0.500. The highest BCUT2D eigenvalue weighted by molar-refractivity contribution is 5.80. The van der Waals surface area contributed by atoms with E-state index in [1.54, 1.807) is 7.11 Å². The summed E-state index contributed by atoms with van der Waals surface area (Å²) in [7, 11) is 1.62. The van der Waals surface area contributed by atoms with Crippen LogP contribution < -0.4 is 4.74 Å². The lowest BCUT2D eigenvalue weighted by Crippen LogP contribution is -2.51. The first-order chi connectivity index (χ1) is 12.2. The minimum atomic E-state index is 0.110. The zero-order chi connectivity index (χ0) is 17.6. The maximum Gasteiger partial charge on any atom is 0.227 e. The highest BCUT2D eigenvalue weighted by Crippen LogP contribution is 2.21. The molecule has 0 N–H and O–H groups in total. The van der Waals surface area contributed by atoms with Crippen LogP contribution in [-0.4, -0.2) is 54.9 Å². The molecule has 0 radical (unpaired) electrons. The van der Waals surface area contributed by atoms with Gasteiger partial charge in [-0.05, 0) is 36.5 Å². The minimum Gasteiger partial charge on any atom is -0.497 e. The molecule has 1 atom stereocenters. The number of allylic oxidation sites excluding steroid dienone is 2. The van der Waals surface area contributed by atoms with Crippen molar-refractivity contribution in [2.45, 2.75) is 25.7 Å². The quantitative estimate of drug-likeness (QED) is 0.771. The molecule has 0 saturated carbocycles. The molecule has 1 aliphatic carbocycles. The number of amides is 2. The van der Waals surface area contributed by atoms with Crippen LogP contribution in [0.1, 0.15) is 24.8 Å². The molecule has 0 unspecified atom stereocenters. The fourth-order valence-corrected chi connectivity index (χ4v) is 3.49. The Labute approximate surface area is 149 Å². The Morgan fingerprint density at radius 3 is 2.48 bits per heavy atom. The van der Waals surface area contributed by atoms with Gasteiger partial charge in [0, 0.05) is 32.6 Å². The Morgan fingerprint density at radius 2 is 1.84 bits per heavy atom. The van der Waals surface area contributed by atoms with Crippen molar-refractivity contribution in [3.8, 4) is 5.75 Å². The molecule has 2 amide bonds. The standard InChI is InChI=1S/C20H26N2O3/c1-25-18-8-4-7-17(13-18)15-20(24)22-11-9-21(10-12-22)19(23)14-16-5-2-3-6-16/h2,4-5,7-8,13,16H,3,6,9-12,14-15H2,1H3/t16-/m0/s1. The number of carbonyl (C=O) groups is 2. The zero-order valence-corrected chi connectivity index (χ0v) is 14.8. The van der Waals surface area contributed by atoms with Crippen LogP contribution in [0.3, 0.4) is 0 Å². The molecule has 5 heteroatoms. The third kappa shape index (κ3) is 4.62. The normalized spacial score (nSPS) is 20.0. The summed E-state index contributed by atoms with van der Waals surface area (Å²) in [5, 5.41) is 0. The predicted molar refractivity (Wildman–Crippen MR) is 96.3 cm³/mol. The molecule has 1 aliphatic heterocycles. The van der Waals surface area contributed by atoms with Gasteiger partial charge in [0.05, 0.1) is 13.5 Å². The van der Waals surface area contributed by atoms with Crippen LogP contribution in [0.15, 0.2) is 36.4 Å². The topological polar surface area (TPSA) is 49.9 Å². The zero-order valence-electron chi connectivity index (χ0n) is 14.8. The predicted octanol–water partition coefficient (Wildman–Crippen LogP) is 2.26. The van der Waals surface area contributed by atoms with E-state index in [0.29, 0.717) is 44.9 Å². The van der Waals surface area contributed by atoms with Crippen LogP contribution in [-0.2, 0) is 16.0 Å². The van der Waals surface area contributed by atoms with Crippen LogP contribution in [0.2, 0.25) is 0 Å². The number of carbonyl (C=O) groups excluding carboxylic acids is 2. The molecule has 0 spiro atoms. The first kappa shape index (κ1) is 17.5. The van der Waals surface area contributed by atoms with Gasteiger partial charge in [-0.15, -0.1) is 0 Å². The Balaban J connectivity index is 1.47. The third-order valence-electron chi connectivity index (χ3n) is 5.02. The van der Waals surface area contributed by atoms with Gasteiger partial charge in [0.2, 0.25) is 11.8 Å². The second-order valence-corrected chi connectivity index (χ2v) is 6.76. The molecule has 25 heavy (non-hydrogen) atoms. The maximum absolute atomic E-state index is 12.5. The lowest BCUT2D eigenvalue weighted by Gasteiger charge is -2.35. The van der Waals surface area contributed by atoms with Gasteiger partial charge in [-0.3, -0.25) is 9.59 Å². The van der Waals surface area contributed by atoms with E-state index in [9.17, 15) is 9.59 Å². The number of hydrogen-bond donors (Lipinski definition) is 0. The second kappa shape index (κ2) is 8.19. The van der Waals surface area contributed by atoms with Crippen molar-refractivity contribution < 1.29 is 14.3 Å². The summed E-state index contributed by atoms with van der Waals surface area (Å²) in [6, 6.07) is 7.61. The Bertz CT molecular complexity index is 648. The van der Waals surface area contributed by atoms with Crippen LogP contribution in [0.4, 0.5) is 0 Å². The smallest absolute Gasteiger partial charge is 0.227 e. The SMILES string of the molecule is COc1cccc(CC(=O)N2CCN(C(=O)C[C@H]3C=CCC3)CC2)c1. The van der Waals surface area contributed by atoms with Crippen molar-refractivity contribution in [2.75, 3.05) is 33.3 Å². The monoisotopic (exact) mass is 342 g/mol. The Hall–Kier alpha value is -2.30. The van der Waals surface area contributed by atoms with Gasteiger partial charge in [-0.2, -0.15) is 0 Å². The Morgan fingerprint density at radius 1 is 1.12 bits per heavy atom. The average Bonchev–Trinajstić information content (AvgIpc) is 3.15. The van der Waals surface area contributed by atoms with Crippen molar-refractivity contribution in [3.63, 3.8) is 0 Å². The Kier molecular flexibility index (Phi) is 5.74. The molecule has 0 bridgehead atoms. The summed E-state index contributed by atoms with van der Waals surface area (Å²) in [5.41, 5.74) is 0.955. The van der Waals surface area contributed by atoms with Crippen molar-refractivity contribution in [2.24, 2.45) is 5.92 Å². The largest absolute Gasteiger partial charge is 0.497 e. The number of nitrogens with zero attached hydrogens (tertiary/aromatic N) is 2. The second-order valence-electron chi connectivity index (χ2n) is 6.76. The van der Waals surface area contributed by atoms with E-state index in [0.717, 1.165) is 24.2 Å². The summed E-state index contributed by atoms with van der Waals surface area (Å²) < 4.78 is 5.20. The maximum atomic E-state index is 12.5. The van der Waals surface area contributed by atoms with E-state index in [4.69, 9.17) is 4.74 Å². The van der Waals surface area contributed by atoms with E-state index in [1.807, 2.05) is 34.1 Å². The molecule has 1 fully saturated rings. The van der Waals surface area contributed by atoms with E-state index in [2.05, 4.69) is 12.2 Å². The van der Waals surface area contributed by atoms with Crippen LogP contribution >= 0.6 is 0 Å². The molecule has 1 aromatic rings. The van der Waals surface area contributed by atoms with E-state index < -0.39 is 0 Å². The van der Waals surface area contributed by atoms with Crippen LogP contribution in [0.5, 0.6) is 5.75 Å². The highest BCUT2D eigenvalue weighted by Gasteiger charge is 2.25. The van der Waals surface area contributed by atoms with E-state index >= 15 is 0 Å². The molecule has 0 aromatic heterocycles. The van der Waals surface area contributed by atoms with E-state index in [1.165, 1.54) is 0 Å². The van der Waals surface area contributed by atoms with Gasteiger partial charge in [-0.25, -0.2) is 0 Å². The van der Waals surface area contributed by atoms with Gasteiger partial charge in [-0.1, -0.05) is 24.3 Å². The van der Waals surface area contributed by atoms with Gasteiger partial charge in [0.15, 0.2) is 0 Å². The van der Waals surface area contributed by atoms with Gasteiger partial charge in [0.1, 0.15) is 5.75 Å². The number of hydrogen-bond acceptors (Lipinski definition) is 3. The van der Waals surface area contributed by atoms with Gasteiger partial charge >= 0.3 is 0 Å². The summed E-state index contributed by atoms with van der Waals surface area (Å²) in [6.45, 7) is 2.52. The highest BCUT2D eigenvalue weighted by atomic mass is 16.5. The number of piperazine rings is 1. The number of benzene rings is 1. The molecule has 2 aliphatic rings. The number of rotatable bonds is 5. The lowest BCUT2D eigenvalue weighted by atomic mass is 10.0. The van der Waals surface area contributed by atoms with Gasteiger partial charge < -0.3 is 14.5 Å². The molecule has 5 nitrogen and oxygen atoms in total. The average molecular weight is 342 g/mol. The molecule has 1 heterocycles.